The van der Waals surface area contributed by atoms with Gasteiger partial charge in [0.2, 0.25) is 5.91 Å². The summed E-state index contributed by atoms with van der Waals surface area (Å²) in [5, 5.41) is 0. The fourth-order valence-corrected chi connectivity index (χ4v) is 11.8. The SMILES string of the molecule is COC(=O)C1=C(C(=O)OC)SC2(S1)C(C(=O)OC)=C(C(=O)OC)SC1=C2c2cc(C)ccc2N(C(=O)CCC2CCCCC2)C1(C)C. The molecular weight excluding hydrogens is 663 g/mol. The molecule has 0 radical (unpaired) electrons. The molecule has 1 saturated carbocycles. The number of fused-ring (bicyclic) bond motifs is 3. The number of aryl methyl sites for hydroxylation is 1. The van der Waals surface area contributed by atoms with Gasteiger partial charge in [0, 0.05) is 22.5 Å². The second-order valence-electron chi connectivity index (χ2n) is 12.3. The van der Waals surface area contributed by atoms with Gasteiger partial charge < -0.3 is 23.8 Å². The van der Waals surface area contributed by atoms with Gasteiger partial charge in [-0.3, -0.25) is 4.79 Å². The van der Waals surface area contributed by atoms with Gasteiger partial charge in [0.15, 0.2) is 0 Å². The number of thioether (sulfide) groups is 3. The maximum absolute atomic E-state index is 14.3. The maximum atomic E-state index is 14.3. The largest absolute Gasteiger partial charge is 0.466 e. The fraction of sp³-hybridized carbons (Fsp3) is 0.500. The predicted molar refractivity (Wildman–Crippen MR) is 183 cm³/mol. The van der Waals surface area contributed by atoms with Crippen molar-refractivity contribution < 1.29 is 42.9 Å². The van der Waals surface area contributed by atoms with E-state index < -0.39 is 33.5 Å². The second kappa shape index (κ2) is 13.8. The lowest BCUT2D eigenvalue weighted by Crippen LogP contribution is -2.53. The van der Waals surface area contributed by atoms with Crippen molar-refractivity contribution >= 4 is 76.3 Å². The number of ether oxygens (including phenoxy) is 4. The fourth-order valence-electron chi connectivity index (χ4n) is 6.79. The molecule has 10 nitrogen and oxygen atoms in total. The number of carbonyl (C=O) groups is 5. The van der Waals surface area contributed by atoms with Gasteiger partial charge in [0.05, 0.1) is 45.2 Å². The van der Waals surface area contributed by atoms with E-state index in [1.165, 1.54) is 47.7 Å². The Morgan fingerprint density at radius 3 is 1.91 bits per heavy atom. The lowest BCUT2D eigenvalue weighted by molar-refractivity contribution is -0.138. The molecule has 252 valence electrons. The highest BCUT2D eigenvalue weighted by molar-refractivity contribution is 8.26. The number of benzene rings is 1. The van der Waals surface area contributed by atoms with Gasteiger partial charge in [0.1, 0.15) is 18.8 Å². The van der Waals surface area contributed by atoms with Crippen molar-refractivity contribution in [3.8, 4) is 0 Å². The zero-order valence-corrected chi connectivity index (χ0v) is 30.1. The minimum Gasteiger partial charge on any atom is -0.466 e. The number of hydrogen-bond acceptors (Lipinski definition) is 12. The van der Waals surface area contributed by atoms with Crippen molar-refractivity contribution in [2.75, 3.05) is 33.3 Å². The van der Waals surface area contributed by atoms with E-state index in [0.29, 0.717) is 34.1 Å². The van der Waals surface area contributed by atoms with Crippen LogP contribution < -0.4 is 4.90 Å². The van der Waals surface area contributed by atoms with Gasteiger partial charge in [-0.05, 0) is 45.2 Å². The summed E-state index contributed by atoms with van der Waals surface area (Å²) < 4.78 is 19.0. The summed E-state index contributed by atoms with van der Waals surface area (Å²) in [5.41, 5.74) is 1.61. The molecule has 13 heteroatoms. The predicted octanol–water partition coefficient (Wildman–Crippen LogP) is 6.27. The molecule has 1 fully saturated rings. The average molecular weight is 702 g/mol. The maximum Gasteiger partial charge on any atom is 0.345 e. The smallest absolute Gasteiger partial charge is 0.345 e. The molecule has 3 heterocycles. The standard InChI is InChI=1S/C34H39NO9S3/c1-18-13-15-21-20(17-18)23-28(33(2,3)35(21)22(36)16-14-19-11-9-8-10-12-19)45-25(30(38)42-5)24(29(37)41-4)34(23)46-26(31(39)43-6)27(47-34)32(40)44-7/h13,15,17,19H,8-12,14,16H2,1-7H3. The Labute approximate surface area is 287 Å². The Morgan fingerprint density at radius 1 is 0.809 bits per heavy atom. The first-order valence-corrected chi connectivity index (χ1v) is 17.9. The summed E-state index contributed by atoms with van der Waals surface area (Å²) in [5.74, 6) is -2.79. The lowest BCUT2D eigenvalue weighted by Gasteiger charge is -2.51. The third-order valence-corrected chi connectivity index (χ3v) is 13.7. The molecule has 4 aliphatic rings. The number of hydrogen-bond donors (Lipinski definition) is 0. The van der Waals surface area contributed by atoms with E-state index in [1.54, 1.807) is 4.90 Å². The van der Waals surface area contributed by atoms with Crippen molar-refractivity contribution in [1.29, 1.82) is 0 Å². The summed E-state index contributed by atoms with van der Waals surface area (Å²) in [6.45, 7) is 5.73. The van der Waals surface area contributed by atoms with Gasteiger partial charge in [-0.15, -0.1) is 0 Å². The van der Waals surface area contributed by atoms with Crippen molar-refractivity contribution in [2.45, 2.75) is 75.3 Å². The van der Waals surface area contributed by atoms with Crippen molar-refractivity contribution in [3.05, 3.63) is 54.5 Å². The molecule has 1 aliphatic carbocycles. The molecule has 0 bridgehead atoms. The van der Waals surface area contributed by atoms with Gasteiger partial charge in [-0.1, -0.05) is 79.0 Å². The van der Waals surface area contributed by atoms with Crippen LogP contribution in [-0.4, -0.2) is 67.8 Å². The van der Waals surface area contributed by atoms with Crippen LogP contribution in [0.15, 0.2) is 43.4 Å². The number of rotatable bonds is 7. The van der Waals surface area contributed by atoms with E-state index in [9.17, 15) is 24.0 Å². The molecule has 1 spiro atoms. The Morgan fingerprint density at radius 2 is 1.36 bits per heavy atom. The zero-order chi connectivity index (χ0) is 34.3. The molecule has 0 unspecified atom stereocenters. The van der Waals surface area contributed by atoms with Crippen LogP contribution >= 0.6 is 35.3 Å². The minimum atomic E-state index is -1.60. The van der Waals surface area contributed by atoms with Crippen LogP contribution in [0.4, 0.5) is 5.69 Å². The number of anilines is 1. The number of amides is 1. The first kappa shape index (κ1) is 35.2. The second-order valence-corrected chi connectivity index (χ2v) is 16.0. The van der Waals surface area contributed by atoms with E-state index in [1.807, 2.05) is 39.0 Å². The van der Waals surface area contributed by atoms with E-state index in [4.69, 9.17) is 18.9 Å². The zero-order valence-electron chi connectivity index (χ0n) is 27.6. The van der Waals surface area contributed by atoms with Crippen LogP contribution in [0.25, 0.3) is 5.57 Å². The third-order valence-electron chi connectivity index (χ3n) is 9.03. The topological polar surface area (TPSA) is 126 Å². The van der Waals surface area contributed by atoms with Gasteiger partial charge in [-0.2, -0.15) is 0 Å². The van der Waals surface area contributed by atoms with E-state index in [2.05, 4.69) is 0 Å². The molecular formula is C34H39NO9S3. The average Bonchev–Trinajstić information content (AvgIpc) is 3.46. The van der Waals surface area contributed by atoms with E-state index in [0.717, 1.165) is 60.1 Å². The summed E-state index contributed by atoms with van der Waals surface area (Å²) in [6.07, 6.45) is 6.98. The molecule has 0 N–H and O–H groups in total. The van der Waals surface area contributed by atoms with Crippen LogP contribution in [0.1, 0.15) is 69.9 Å². The monoisotopic (exact) mass is 701 g/mol. The minimum absolute atomic E-state index is 0.0513. The van der Waals surface area contributed by atoms with Crippen LogP contribution in [0, 0.1) is 12.8 Å². The molecule has 0 aromatic heterocycles. The van der Waals surface area contributed by atoms with Crippen molar-refractivity contribution in [1.82, 2.24) is 0 Å². The Balaban J connectivity index is 1.77. The Hall–Kier alpha value is -3.16. The van der Waals surface area contributed by atoms with Crippen LogP contribution in [0.5, 0.6) is 0 Å². The molecule has 1 aromatic carbocycles. The molecule has 5 rings (SSSR count). The lowest BCUT2D eigenvalue weighted by atomic mass is 9.82. The van der Waals surface area contributed by atoms with Crippen LogP contribution in [0.3, 0.4) is 0 Å². The first-order chi connectivity index (χ1) is 22.4. The summed E-state index contributed by atoms with van der Waals surface area (Å²) in [7, 11) is 4.79. The summed E-state index contributed by atoms with van der Waals surface area (Å²) >= 11 is 2.89. The summed E-state index contributed by atoms with van der Waals surface area (Å²) in [6, 6.07) is 5.75. The molecule has 0 atom stereocenters. The first-order valence-electron chi connectivity index (χ1n) is 15.4. The third kappa shape index (κ3) is 6.03. The van der Waals surface area contributed by atoms with Gasteiger partial charge >= 0.3 is 23.9 Å². The Kier molecular flexibility index (Phi) is 10.3. The van der Waals surface area contributed by atoms with Crippen molar-refractivity contribution in [2.24, 2.45) is 5.92 Å². The highest BCUT2D eigenvalue weighted by Gasteiger charge is 2.61. The quantitative estimate of drug-likeness (QED) is 0.235. The Bertz CT molecular complexity index is 1610. The number of carbonyl (C=O) groups excluding carboxylic acids is 5. The van der Waals surface area contributed by atoms with Gasteiger partial charge in [0.25, 0.3) is 0 Å². The number of methoxy groups -OCH3 is 4. The van der Waals surface area contributed by atoms with E-state index >= 15 is 0 Å². The van der Waals surface area contributed by atoms with Crippen LogP contribution in [-0.2, 0) is 42.9 Å². The molecule has 1 aromatic rings. The molecule has 0 saturated heterocycles. The normalized spacial score (nSPS) is 20.1. The van der Waals surface area contributed by atoms with Crippen LogP contribution in [0.2, 0.25) is 0 Å². The highest BCUT2D eigenvalue weighted by atomic mass is 32.2. The molecule has 47 heavy (non-hydrogen) atoms. The van der Waals surface area contributed by atoms with E-state index in [-0.39, 0.29) is 26.2 Å². The number of nitrogens with zero attached hydrogens (tertiary/aromatic N) is 1. The molecule has 1 amide bonds. The number of esters is 4. The highest BCUT2D eigenvalue weighted by Crippen LogP contribution is 2.71. The van der Waals surface area contributed by atoms with Crippen molar-refractivity contribution in [3.63, 3.8) is 0 Å². The van der Waals surface area contributed by atoms with Gasteiger partial charge in [-0.25, -0.2) is 19.2 Å². The molecule has 3 aliphatic heterocycles. The summed E-state index contributed by atoms with van der Waals surface area (Å²) in [4.78, 5) is 70.2.